The van der Waals surface area contributed by atoms with E-state index >= 15 is 0 Å². The van der Waals surface area contributed by atoms with E-state index in [2.05, 4.69) is 70.2 Å². The van der Waals surface area contributed by atoms with Crippen molar-refractivity contribution >= 4 is 7.12 Å². The van der Waals surface area contributed by atoms with Crippen LogP contribution in [0, 0.1) is 16.7 Å². The molecule has 1 aliphatic heterocycles. The number of benzene rings is 1. The number of rotatable bonds is 3. The van der Waals surface area contributed by atoms with Crippen molar-refractivity contribution < 1.29 is 9.31 Å². The van der Waals surface area contributed by atoms with E-state index in [0.717, 1.165) is 6.32 Å². The fraction of sp³-hybridized carbons (Fsp3) is 0.600. The maximum Gasteiger partial charge on any atom is 0.461 e. The molecule has 2 bridgehead atoms. The highest BCUT2D eigenvalue weighted by Gasteiger charge is 2.77. The first kappa shape index (κ1) is 15.5. The molecule has 4 atom stereocenters. The van der Waals surface area contributed by atoms with Crippen LogP contribution in [-0.4, -0.2) is 13.2 Å². The predicted octanol–water partition coefficient (Wildman–Crippen LogP) is 4.82. The minimum Gasteiger partial charge on any atom is -0.404 e. The summed E-state index contributed by atoms with van der Waals surface area (Å²) in [6.07, 6.45) is 7.69. The average molecular weight is 310 g/mol. The first-order valence-electron chi connectivity index (χ1n) is 8.97. The van der Waals surface area contributed by atoms with Crippen LogP contribution < -0.4 is 0 Å². The van der Waals surface area contributed by atoms with Crippen LogP contribution in [0.4, 0.5) is 0 Å². The van der Waals surface area contributed by atoms with E-state index in [9.17, 15) is 0 Å². The maximum absolute atomic E-state index is 6.72. The summed E-state index contributed by atoms with van der Waals surface area (Å²) in [5.41, 5.74) is 1.44. The molecule has 2 nitrogen and oxygen atoms in total. The highest BCUT2D eigenvalue weighted by Crippen LogP contribution is 2.75. The summed E-state index contributed by atoms with van der Waals surface area (Å²) in [4.78, 5) is 0. The second-order valence-electron chi connectivity index (χ2n) is 8.26. The molecule has 1 aromatic carbocycles. The largest absolute Gasteiger partial charge is 0.461 e. The molecule has 3 heteroatoms. The van der Waals surface area contributed by atoms with Crippen molar-refractivity contribution in [1.82, 2.24) is 0 Å². The average Bonchev–Trinajstić information content (AvgIpc) is 3.09. The molecule has 23 heavy (non-hydrogen) atoms. The topological polar surface area (TPSA) is 18.5 Å². The molecule has 1 aromatic rings. The van der Waals surface area contributed by atoms with Gasteiger partial charge >= 0.3 is 7.12 Å². The van der Waals surface area contributed by atoms with E-state index in [0.29, 0.717) is 5.92 Å². The van der Waals surface area contributed by atoms with Gasteiger partial charge in [0.2, 0.25) is 0 Å². The Kier molecular flexibility index (Phi) is 3.34. The van der Waals surface area contributed by atoms with Gasteiger partial charge in [0.15, 0.2) is 0 Å². The van der Waals surface area contributed by atoms with Gasteiger partial charge in [0.1, 0.15) is 5.60 Å². The molecule has 3 aliphatic rings. The van der Waals surface area contributed by atoms with Crippen LogP contribution in [0.2, 0.25) is 6.32 Å². The molecule has 1 heterocycles. The molecule has 3 fully saturated rings. The van der Waals surface area contributed by atoms with E-state index in [-0.39, 0.29) is 29.7 Å². The van der Waals surface area contributed by atoms with Gasteiger partial charge in [-0.1, -0.05) is 63.3 Å². The van der Waals surface area contributed by atoms with Crippen molar-refractivity contribution in [2.24, 2.45) is 16.7 Å². The minimum absolute atomic E-state index is 0.118. The zero-order valence-electron chi connectivity index (χ0n) is 14.7. The van der Waals surface area contributed by atoms with Crippen molar-refractivity contribution in [2.75, 3.05) is 0 Å². The van der Waals surface area contributed by atoms with Crippen LogP contribution in [0.1, 0.15) is 46.1 Å². The smallest absolute Gasteiger partial charge is 0.404 e. The van der Waals surface area contributed by atoms with Gasteiger partial charge in [-0.2, -0.15) is 0 Å². The number of allylic oxidation sites excluding steroid dienone is 2. The molecule has 122 valence electrons. The standard InChI is InChI=1S/C20H27BO2/c1-5-6-14-21-22-17-19(4)13-12-16(18(19,2)3)20(17,23-21)15-10-8-7-9-11-15/h5-11,16-17H,12-14H2,1-4H3/b6-5+/t16-,17-,19-,20+/m0/s1. The summed E-state index contributed by atoms with van der Waals surface area (Å²) >= 11 is 0. The first-order valence-corrected chi connectivity index (χ1v) is 8.97. The summed E-state index contributed by atoms with van der Waals surface area (Å²) in [6.45, 7) is 9.31. The van der Waals surface area contributed by atoms with Gasteiger partial charge in [0.05, 0.1) is 6.10 Å². The lowest BCUT2D eigenvalue weighted by Crippen LogP contribution is -2.45. The fourth-order valence-corrected chi connectivity index (χ4v) is 5.66. The summed E-state index contributed by atoms with van der Waals surface area (Å²) in [7, 11) is -0.118. The van der Waals surface area contributed by atoms with Crippen molar-refractivity contribution in [3.63, 3.8) is 0 Å². The third kappa shape index (κ3) is 1.78. The quantitative estimate of drug-likeness (QED) is 0.589. The molecule has 0 spiro atoms. The Morgan fingerprint density at radius 1 is 1.22 bits per heavy atom. The molecule has 4 rings (SSSR count). The Balaban J connectivity index is 1.82. The summed E-state index contributed by atoms with van der Waals surface area (Å²) in [5.74, 6) is 0.517. The van der Waals surface area contributed by atoms with Crippen LogP contribution in [0.15, 0.2) is 42.5 Å². The van der Waals surface area contributed by atoms with E-state index in [1.54, 1.807) is 0 Å². The number of hydrogen-bond acceptors (Lipinski definition) is 2. The molecule has 1 saturated heterocycles. The summed E-state index contributed by atoms with van der Waals surface area (Å²) in [5, 5.41) is 0. The molecule has 0 aromatic heterocycles. The van der Waals surface area contributed by atoms with Gasteiger partial charge in [-0.05, 0) is 36.7 Å². The molecule has 0 radical (unpaired) electrons. The van der Waals surface area contributed by atoms with E-state index in [1.807, 2.05) is 0 Å². The molecular weight excluding hydrogens is 283 g/mol. The van der Waals surface area contributed by atoms with Gasteiger partial charge in [0, 0.05) is 11.7 Å². The molecule has 0 N–H and O–H groups in total. The van der Waals surface area contributed by atoms with E-state index in [1.165, 1.54) is 18.4 Å². The molecule has 2 saturated carbocycles. The molecule has 0 unspecified atom stereocenters. The van der Waals surface area contributed by atoms with Crippen LogP contribution in [0.3, 0.4) is 0 Å². The lowest BCUT2D eigenvalue weighted by atomic mass is 9.69. The van der Waals surface area contributed by atoms with Gasteiger partial charge in [-0.25, -0.2) is 0 Å². The predicted molar refractivity (Wildman–Crippen MR) is 94.1 cm³/mol. The third-order valence-electron chi connectivity index (χ3n) is 7.18. The first-order chi connectivity index (χ1) is 11.0. The lowest BCUT2D eigenvalue weighted by Gasteiger charge is -2.41. The summed E-state index contributed by atoms with van der Waals surface area (Å²) in [6, 6.07) is 10.8. The fourth-order valence-electron chi connectivity index (χ4n) is 5.66. The number of fused-ring (bicyclic) bond motifs is 5. The zero-order chi connectivity index (χ0) is 16.3. The normalized spacial score (nSPS) is 41.0. The minimum atomic E-state index is -0.274. The van der Waals surface area contributed by atoms with Crippen LogP contribution in [0.25, 0.3) is 0 Å². The van der Waals surface area contributed by atoms with Crippen LogP contribution in [-0.2, 0) is 14.9 Å². The van der Waals surface area contributed by atoms with Crippen molar-refractivity contribution in [2.45, 2.75) is 58.6 Å². The van der Waals surface area contributed by atoms with Crippen molar-refractivity contribution in [1.29, 1.82) is 0 Å². The molecule has 0 amide bonds. The summed E-state index contributed by atoms with van der Waals surface area (Å²) < 4.78 is 13.3. The van der Waals surface area contributed by atoms with Crippen molar-refractivity contribution in [3.05, 3.63) is 48.0 Å². The Morgan fingerprint density at radius 3 is 2.65 bits per heavy atom. The van der Waals surface area contributed by atoms with E-state index < -0.39 is 0 Å². The second-order valence-corrected chi connectivity index (χ2v) is 8.26. The molecular formula is C20H27BO2. The molecule has 2 aliphatic carbocycles. The van der Waals surface area contributed by atoms with Gasteiger partial charge in [-0.3, -0.25) is 0 Å². The van der Waals surface area contributed by atoms with Crippen LogP contribution >= 0.6 is 0 Å². The lowest BCUT2D eigenvalue weighted by molar-refractivity contribution is -0.0369. The van der Waals surface area contributed by atoms with Gasteiger partial charge in [0.25, 0.3) is 0 Å². The Hall–Kier alpha value is -1.06. The third-order valence-corrected chi connectivity index (χ3v) is 7.18. The Bertz CT molecular complexity index is 626. The second kappa shape index (κ2) is 4.97. The number of hydrogen-bond donors (Lipinski definition) is 0. The van der Waals surface area contributed by atoms with Gasteiger partial charge < -0.3 is 9.31 Å². The Morgan fingerprint density at radius 2 is 1.96 bits per heavy atom. The maximum atomic E-state index is 6.72. The Labute approximate surface area is 140 Å². The van der Waals surface area contributed by atoms with Gasteiger partial charge in [-0.15, -0.1) is 0 Å². The monoisotopic (exact) mass is 310 g/mol. The van der Waals surface area contributed by atoms with Crippen LogP contribution in [0.5, 0.6) is 0 Å². The zero-order valence-corrected chi connectivity index (χ0v) is 14.7. The van der Waals surface area contributed by atoms with Crippen molar-refractivity contribution in [3.8, 4) is 0 Å². The SMILES string of the molecule is C/C=C/CB1O[C@@H]2[C@](c3ccccc3)(O1)[C@H]1CC[C@]2(C)C1(C)C. The van der Waals surface area contributed by atoms with E-state index in [4.69, 9.17) is 9.31 Å². The highest BCUT2D eigenvalue weighted by molar-refractivity contribution is 6.46. The highest BCUT2D eigenvalue weighted by atomic mass is 16.7.